The van der Waals surface area contributed by atoms with Crippen molar-refractivity contribution < 1.29 is 30.7 Å². The molecule has 1 aromatic heterocycles. The Morgan fingerprint density at radius 2 is 1.35 bits per heavy atom. The van der Waals surface area contributed by atoms with Crippen molar-refractivity contribution >= 4 is 0 Å². The number of halogens is 7. The second-order valence-corrected chi connectivity index (χ2v) is 3.72. The number of nitrogens with zero attached hydrogens (tertiary/aromatic N) is 1. The molecule has 0 N–H and O–H groups in total. The van der Waals surface area contributed by atoms with Crippen molar-refractivity contribution in [3.8, 4) is 11.3 Å². The molecule has 0 fully saturated rings. The molecule has 20 heavy (non-hydrogen) atoms. The lowest BCUT2D eigenvalue weighted by atomic mass is 10.0. The monoisotopic (exact) mass is 295 g/mol. The Kier molecular flexibility index (Phi) is 3.41. The fraction of sp³-hybridized carbons (Fsp3) is 0.0833. The Labute approximate surface area is 107 Å². The van der Waals surface area contributed by atoms with Crippen LogP contribution < -0.4 is 0 Å². The Bertz CT molecular complexity index is 620. The highest BCUT2D eigenvalue weighted by molar-refractivity contribution is 5.62. The maximum absolute atomic E-state index is 13.6. The van der Waals surface area contributed by atoms with Gasteiger partial charge in [-0.2, -0.15) is 13.2 Å². The SMILES string of the molecule is Fc1c(F)c(C(F)(F)F)c(F)c(F)c1-c1ccccn1. The number of hydrogen-bond donors (Lipinski definition) is 0. The summed E-state index contributed by atoms with van der Waals surface area (Å²) in [6, 6.07) is 3.62. The van der Waals surface area contributed by atoms with Gasteiger partial charge in [0.25, 0.3) is 0 Å². The van der Waals surface area contributed by atoms with Crippen molar-refractivity contribution in [2.24, 2.45) is 0 Å². The third-order valence-electron chi connectivity index (χ3n) is 2.47. The van der Waals surface area contributed by atoms with Gasteiger partial charge in [0.15, 0.2) is 23.3 Å². The molecule has 0 saturated heterocycles. The van der Waals surface area contributed by atoms with Crippen LogP contribution >= 0.6 is 0 Å². The minimum Gasteiger partial charge on any atom is -0.256 e. The summed E-state index contributed by atoms with van der Waals surface area (Å²) < 4.78 is 91.0. The van der Waals surface area contributed by atoms with E-state index in [2.05, 4.69) is 4.98 Å². The average molecular weight is 295 g/mol. The fourth-order valence-electron chi connectivity index (χ4n) is 1.62. The van der Waals surface area contributed by atoms with Crippen LogP contribution in [-0.4, -0.2) is 4.98 Å². The van der Waals surface area contributed by atoms with Gasteiger partial charge >= 0.3 is 6.18 Å². The molecule has 0 aliphatic carbocycles. The van der Waals surface area contributed by atoms with Crippen molar-refractivity contribution in [1.29, 1.82) is 0 Å². The van der Waals surface area contributed by atoms with E-state index < -0.39 is 46.3 Å². The molecule has 8 heteroatoms. The van der Waals surface area contributed by atoms with E-state index in [1.165, 1.54) is 12.1 Å². The summed E-state index contributed by atoms with van der Waals surface area (Å²) in [7, 11) is 0. The maximum atomic E-state index is 13.6. The van der Waals surface area contributed by atoms with Gasteiger partial charge in [0, 0.05) is 6.20 Å². The van der Waals surface area contributed by atoms with Crippen LogP contribution in [0.2, 0.25) is 0 Å². The summed E-state index contributed by atoms with van der Waals surface area (Å²) in [5, 5.41) is 0. The predicted molar refractivity (Wildman–Crippen MR) is 54.5 cm³/mol. The summed E-state index contributed by atoms with van der Waals surface area (Å²) in [6.07, 6.45) is -4.49. The molecule has 0 aliphatic rings. The van der Waals surface area contributed by atoms with Gasteiger partial charge in [0.05, 0.1) is 11.3 Å². The van der Waals surface area contributed by atoms with Crippen LogP contribution in [0.25, 0.3) is 11.3 Å². The Morgan fingerprint density at radius 3 is 1.75 bits per heavy atom. The van der Waals surface area contributed by atoms with Crippen LogP contribution in [0.4, 0.5) is 30.7 Å². The van der Waals surface area contributed by atoms with Crippen molar-refractivity contribution in [3.05, 3.63) is 53.2 Å². The zero-order chi connectivity index (χ0) is 15.1. The van der Waals surface area contributed by atoms with Gasteiger partial charge in [-0.3, -0.25) is 4.98 Å². The van der Waals surface area contributed by atoms with Gasteiger partial charge in [0.2, 0.25) is 0 Å². The molecule has 106 valence electrons. The van der Waals surface area contributed by atoms with Crippen molar-refractivity contribution in [3.63, 3.8) is 0 Å². The van der Waals surface area contributed by atoms with E-state index >= 15 is 0 Å². The summed E-state index contributed by atoms with van der Waals surface area (Å²) >= 11 is 0. The van der Waals surface area contributed by atoms with E-state index in [1.54, 1.807) is 0 Å². The van der Waals surface area contributed by atoms with Crippen molar-refractivity contribution in [2.45, 2.75) is 6.18 Å². The lowest BCUT2D eigenvalue weighted by Crippen LogP contribution is -2.16. The van der Waals surface area contributed by atoms with E-state index in [0.29, 0.717) is 0 Å². The van der Waals surface area contributed by atoms with E-state index in [4.69, 9.17) is 0 Å². The highest BCUT2D eigenvalue weighted by Crippen LogP contribution is 2.39. The fourth-order valence-corrected chi connectivity index (χ4v) is 1.62. The van der Waals surface area contributed by atoms with Crippen LogP contribution in [0.15, 0.2) is 24.4 Å². The molecule has 0 atom stereocenters. The highest BCUT2D eigenvalue weighted by atomic mass is 19.4. The van der Waals surface area contributed by atoms with Crippen LogP contribution in [0, 0.1) is 23.3 Å². The Hall–Kier alpha value is -2.12. The maximum Gasteiger partial charge on any atom is 0.422 e. The normalized spacial score (nSPS) is 11.8. The topological polar surface area (TPSA) is 12.9 Å². The second-order valence-electron chi connectivity index (χ2n) is 3.72. The van der Waals surface area contributed by atoms with Crippen LogP contribution in [0.3, 0.4) is 0 Å². The zero-order valence-corrected chi connectivity index (χ0v) is 9.40. The van der Waals surface area contributed by atoms with Crippen molar-refractivity contribution in [1.82, 2.24) is 4.98 Å². The van der Waals surface area contributed by atoms with Gasteiger partial charge in [-0.1, -0.05) is 6.07 Å². The quantitative estimate of drug-likeness (QED) is 0.564. The van der Waals surface area contributed by atoms with Crippen LogP contribution in [-0.2, 0) is 6.18 Å². The standard InChI is InChI=1S/C12H4F7N/c13-8-6(5-3-1-2-4-20-5)9(14)11(16)7(10(8)15)12(17,18)19/h1-4H. The van der Waals surface area contributed by atoms with E-state index in [1.807, 2.05) is 0 Å². The van der Waals surface area contributed by atoms with Gasteiger partial charge in [-0.15, -0.1) is 0 Å². The number of aromatic nitrogens is 1. The number of hydrogen-bond acceptors (Lipinski definition) is 1. The third-order valence-corrected chi connectivity index (χ3v) is 2.47. The molecule has 0 aliphatic heterocycles. The molecular formula is C12H4F7N. The second kappa shape index (κ2) is 4.77. The van der Waals surface area contributed by atoms with E-state index in [0.717, 1.165) is 12.3 Å². The number of rotatable bonds is 1. The molecule has 0 unspecified atom stereocenters. The molecule has 0 amide bonds. The van der Waals surface area contributed by atoms with E-state index in [9.17, 15) is 30.7 Å². The summed E-state index contributed by atoms with van der Waals surface area (Å²) in [4.78, 5) is 3.45. The minimum atomic E-state index is -5.56. The minimum absolute atomic E-state index is 0.519. The van der Waals surface area contributed by atoms with Crippen LogP contribution in [0.5, 0.6) is 0 Å². The predicted octanol–water partition coefficient (Wildman–Crippen LogP) is 4.32. The average Bonchev–Trinajstić information content (AvgIpc) is 2.37. The first-order chi connectivity index (χ1) is 9.25. The Balaban J connectivity index is 2.82. The number of pyridine rings is 1. The third kappa shape index (κ3) is 2.21. The molecule has 1 nitrogen and oxygen atoms in total. The first-order valence-electron chi connectivity index (χ1n) is 5.09. The lowest BCUT2D eigenvalue weighted by Gasteiger charge is -2.13. The number of alkyl halides is 3. The molecule has 2 aromatic rings. The molecule has 1 aromatic carbocycles. The van der Waals surface area contributed by atoms with Gasteiger partial charge in [0.1, 0.15) is 5.56 Å². The number of benzene rings is 1. The first kappa shape index (κ1) is 14.3. The summed E-state index contributed by atoms with van der Waals surface area (Å²) in [6.45, 7) is 0. The first-order valence-corrected chi connectivity index (χ1v) is 5.09. The van der Waals surface area contributed by atoms with Crippen LogP contribution in [0.1, 0.15) is 5.56 Å². The molecule has 0 saturated carbocycles. The molecule has 2 rings (SSSR count). The van der Waals surface area contributed by atoms with Gasteiger partial charge in [-0.25, -0.2) is 17.6 Å². The molecule has 0 bridgehead atoms. The zero-order valence-electron chi connectivity index (χ0n) is 9.40. The lowest BCUT2D eigenvalue weighted by molar-refractivity contribution is -0.143. The summed E-state index contributed by atoms with van der Waals surface area (Å²) in [5.41, 5.74) is -4.41. The molecule has 1 heterocycles. The largest absolute Gasteiger partial charge is 0.422 e. The molecule has 0 radical (unpaired) electrons. The molecular weight excluding hydrogens is 291 g/mol. The molecule has 0 spiro atoms. The van der Waals surface area contributed by atoms with Crippen molar-refractivity contribution in [2.75, 3.05) is 0 Å². The van der Waals surface area contributed by atoms with Gasteiger partial charge in [-0.05, 0) is 12.1 Å². The Morgan fingerprint density at radius 1 is 0.800 bits per heavy atom. The van der Waals surface area contributed by atoms with Gasteiger partial charge < -0.3 is 0 Å². The smallest absolute Gasteiger partial charge is 0.256 e. The highest BCUT2D eigenvalue weighted by Gasteiger charge is 2.42. The van der Waals surface area contributed by atoms with E-state index in [-0.39, 0.29) is 0 Å². The summed E-state index contributed by atoms with van der Waals surface area (Å²) in [5.74, 6) is -9.29.